The van der Waals surface area contributed by atoms with E-state index in [1.54, 1.807) is 6.07 Å². The van der Waals surface area contributed by atoms with E-state index in [2.05, 4.69) is 0 Å². The van der Waals surface area contributed by atoms with Gasteiger partial charge in [0.15, 0.2) is 11.6 Å². The summed E-state index contributed by atoms with van der Waals surface area (Å²) in [7, 11) is 0. The zero-order valence-corrected chi connectivity index (χ0v) is 14.2. The highest BCUT2D eigenvalue weighted by Gasteiger charge is 2.15. The number of halogens is 5. The summed E-state index contributed by atoms with van der Waals surface area (Å²) in [5.41, 5.74) is 0.392. The number of ketones is 1. The number of carbonyl (C=O) groups is 1. The van der Waals surface area contributed by atoms with Gasteiger partial charge in [0.1, 0.15) is 5.78 Å². The van der Waals surface area contributed by atoms with E-state index in [-0.39, 0.29) is 18.6 Å². The second-order valence-corrected chi connectivity index (χ2v) is 4.92. The predicted molar refractivity (Wildman–Crippen MR) is 82.4 cm³/mol. The zero-order valence-electron chi connectivity index (χ0n) is 14.2. The normalized spacial score (nSPS) is 11.6. The van der Waals surface area contributed by atoms with Gasteiger partial charge in [-0.05, 0) is 37.3 Å². The Labute approximate surface area is 134 Å². The maximum Gasteiger partial charge on any atom is 0.386 e. The molecule has 134 valence electrons. The molecule has 1 atom stereocenters. The number of alkyl halides is 3. The number of benzene rings is 1. The highest BCUT2D eigenvalue weighted by molar-refractivity contribution is 5.75. The lowest BCUT2D eigenvalue weighted by molar-refractivity contribution is -0.117. The van der Waals surface area contributed by atoms with Gasteiger partial charge in [-0.25, -0.2) is 8.78 Å². The van der Waals surface area contributed by atoms with Crippen molar-refractivity contribution in [3.05, 3.63) is 35.4 Å². The van der Waals surface area contributed by atoms with Crippen molar-refractivity contribution in [2.75, 3.05) is 0 Å². The molecule has 23 heavy (non-hydrogen) atoms. The van der Waals surface area contributed by atoms with E-state index in [4.69, 9.17) is 0 Å². The topological polar surface area (TPSA) is 17.1 Å². The minimum Gasteiger partial charge on any atom is -0.300 e. The lowest BCUT2D eigenvalue weighted by Gasteiger charge is -2.12. The molecule has 0 amide bonds. The Kier molecular flexibility index (Phi) is 12.4. The summed E-state index contributed by atoms with van der Waals surface area (Å²) in [6.45, 7) is 7.57. The SMILES string of the molecule is CC.CC(=O)CCCC(C)c1cccc(F)c1F.CC(F)(F)F. The molecule has 0 fully saturated rings. The molecule has 0 aliphatic carbocycles. The monoisotopic (exact) mass is 340 g/mol. The quantitative estimate of drug-likeness (QED) is 0.565. The van der Waals surface area contributed by atoms with Crippen LogP contribution >= 0.6 is 0 Å². The van der Waals surface area contributed by atoms with Gasteiger partial charge in [0.05, 0.1) is 0 Å². The fourth-order valence-corrected chi connectivity index (χ4v) is 1.71. The van der Waals surface area contributed by atoms with Crippen LogP contribution in [0, 0.1) is 11.6 Å². The Morgan fingerprint density at radius 1 is 1.17 bits per heavy atom. The van der Waals surface area contributed by atoms with Crippen LogP contribution in [0.15, 0.2) is 18.2 Å². The Bertz CT molecular complexity index is 449. The maximum absolute atomic E-state index is 13.4. The number of hydrogen-bond acceptors (Lipinski definition) is 1. The van der Waals surface area contributed by atoms with Gasteiger partial charge in [-0.3, -0.25) is 0 Å². The highest BCUT2D eigenvalue weighted by atomic mass is 19.4. The third kappa shape index (κ3) is 13.9. The molecule has 0 bridgehead atoms. The Balaban J connectivity index is 0. The van der Waals surface area contributed by atoms with Gasteiger partial charge in [0.2, 0.25) is 0 Å². The minimum absolute atomic E-state index is 0.0601. The van der Waals surface area contributed by atoms with Gasteiger partial charge in [-0.1, -0.05) is 32.9 Å². The molecular weight excluding hydrogens is 315 g/mol. The third-order valence-electron chi connectivity index (χ3n) is 2.68. The lowest BCUT2D eigenvalue weighted by atomic mass is 9.94. The largest absolute Gasteiger partial charge is 0.386 e. The van der Waals surface area contributed by atoms with Crippen molar-refractivity contribution in [3.8, 4) is 0 Å². The fourth-order valence-electron chi connectivity index (χ4n) is 1.71. The summed E-state index contributed by atoms with van der Waals surface area (Å²) < 4.78 is 57.4. The van der Waals surface area contributed by atoms with Gasteiger partial charge in [-0.2, -0.15) is 13.2 Å². The van der Waals surface area contributed by atoms with E-state index in [0.717, 1.165) is 6.07 Å². The van der Waals surface area contributed by atoms with E-state index < -0.39 is 17.8 Å². The summed E-state index contributed by atoms with van der Waals surface area (Å²) in [5, 5.41) is 0. The smallest absolute Gasteiger partial charge is 0.300 e. The van der Waals surface area contributed by atoms with Gasteiger partial charge >= 0.3 is 6.18 Å². The summed E-state index contributed by atoms with van der Waals surface area (Å²) in [6, 6.07) is 4.22. The molecule has 0 aromatic heterocycles. The summed E-state index contributed by atoms with van der Waals surface area (Å²) in [4.78, 5) is 10.7. The molecule has 0 saturated carbocycles. The van der Waals surface area contributed by atoms with Crippen molar-refractivity contribution >= 4 is 5.78 Å². The summed E-state index contributed by atoms with van der Waals surface area (Å²) in [6.07, 6.45) is -2.09. The molecule has 1 nitrogen and oxygen atoms in total. The van der Waals surface area contributed by atoms with Crippen molar-refractivity contribution in [2.24, 2.45) is 0 Å². The number of rotatable bonds is 5. The second kappa shape index (κ2) is 12.0. The van der Waals surface area contributed by atoms with Crippen LogP contribution in [0.4, 0.5) is 22.0 Å². The first-order chi connectivity index (χ1) is 10.5. The first-order valence-electron chi connectivity index (χ1n) is 7.52. The molecule has 0 aliphatic heterocycles. The average Bonchev–Trinajstić information content (AvgIpc) is 2.41. The lowest BCUT2D eigenvalue weighted by Crippen LogP contribution is -2.01. The molecule has 0 saturated heterocycles. The fraction of sp³-hybridized carbons (Fsp3) is 0.588. The van der Waals surface area contributed by atoms with Gasteiger partial charge in [0, 0.05) is 13.3 Å². The van der Waals surface area contributed by atoms with Crippen molar-refractivity contribution in [2.45, 2.75) is 66.0 Å². The van der Waals surface area contributed by atoms with Crippen LogP contribution < -0.4 is 0 Å². The molecule has 1 rings (SSSR count). The van der Waals surface area contributed by atoms with Crippen LogP contribution in [-0.2, 0) is 4.79 Å². The molecule has 6 heteroatoms. The molecule has 0 N–H and O–H groups in total. The van der Waals surface area contributed by atoms with Crippen LogP contribution in [-0.4, -0.2) is 12.0 Å². The van der Waals surface area contributed by atoms with Crippen molar-refractivity contribution in [3.63, 3.8) is 0 Å². The molecule has 1 aromatic carbocycles. The van der Waals surface area contributed by atoms with Gasteiger partial charge in [-0.15, -0.1) is 0 Å². The minimum atomic E-state index is -4.00. The van der Waals surface area contributed by atoms with Crippen molar-refractivity contribution < 1.29 is 26.7 Å². The first-order valence-corrected chi connectivity index (χ1v) is 7.52. The van der Waals surface area contributed by atoms with E-state index in [0.29, 0.717) is 24.8 Å². The summed E-state index contributed by atoms with van der Waals surface area (Å²) >= 11 is 0. The molecule has 1 aromatic rings. The third-order valence-corrected chi connectivity index (χ3v) is 2.68. The molecule has 0 heterocycles. The van der Waals surface area contributed by atoms with Crippen LogP contribution in [0.3, 0.4) is 0 Å². The van der Waals surface area contributed by atoms with Gasteiger partial charge in [0.25, 0.3) is 0 Å². The first kappa shape index (κ1) is 23.8. The van der Waals surface area contributed by atoms with Crippen LogP contribution in [0.5, 0.6) is 0 Å². The zero-order chi connectivity index (χ0) is 18.6. The van der Waals surface area contributed by atoms with E-state index >= 15 is 0 Å². The number of Topliss-reactive ketones (excluding diaryl/α,β-unsaturated/α-hetero) is 1. The maximum atomic E-state index is 13.4. The standard InChI is InChI=1S/C13H16F2O.C2H3F3.C2H6/c1-9(5-3-6-10(2)16)11-7-4-8-12(14)13(11)15;1-2(3,4)5;1-2/h4,7-9H,3,5-6H2,1-2H3;1H3;1-2H3. The molecule has 1 unspecified atom stereocenters. The predicted octanol–water partition coefficient (Wildman–Crippen LogP) is 6.42. The molecule has 0 aliphatic rings. The van der Waals surface area contributed by atoms with Crippen LogP contribution in [0.1, 0.15) is 65.4 Å². The van der Waals surface area contributed by atoms with Crippen molar-refractivity contribution in [1.29, 1.82) is 0 Å². The number of carbonyl (C=O) groups excluding carboxylic acids is 1. The van der Waals surface area contributed by atoms with Crippen molar-refractivity contribution in [1.82, 2.24) is 0 Å². The molecular formula is C17H25F5O. The van der Waals surface area contributed by atoms with E-state index in [1.165, 1.54) is 13.0 Å². The van der Waals surface area contributed by atoms with E-state index in [9.17, 15) is 26.7 Å². The Hall–Kier alpha value is -1.46. The highest BCUT2D eigenvalue weighted by Crippen LogP contribution is 2.25. The number of hydrogen-bond donors (Lipinski definition) is 0. The van der Waals surface area contributed by atoms with Crippen LogP contribution in [0.25, 0.3) is 0 Å². The van der Waals surface area contributed by atoms with E-state index in [1.807, 2.05) is 20.8 Å². The average molecular weight is 340 g/mol. The molecule has 0 spiro atoms. The summed E-state index contributed by atoms with van der Waals surface area (Å²) in [5.74, 6) is -1.50. The van der Waals surface area contributed by atoms with Gasteiger partial charge < -0.3 is 4.79 Å². The Morgan fingerprint density at radius 2 is 1.65 bits per heavy atom. The Morgan fingerprint density at radius 3 is 2.09 bits per heavy atom. The second-order valence-electron chi connectivity index (χ2n) is 4.92. The van der Waals surface area contributed by atoms with Crippen LogP contribution in [0.2, 0.25) is 0 Å². The molecule has 0 radical (unpaired) electrons.